The Bertz CT molecular complexity index is 465. The van der Waals surface area contributed by atoms with Crippen molar-refractivity contribution >= 4 is 5.91 Å². The molecule has 0 unspecified atom stereocenters. The summed E-state index contributed by atoms with van der Waals surface area (Å²) < 4.78 is 0. The molecule has 0 aromatic rings. The summed E-state index contributed by atoms with van der Waals surface area (Å²) in [4.78, 5) is 17.5. The molecule has 26 heavy (non-hydrogen) atoms. The Hall–Kier alpha value is -0.610. The molecule has 2 heterocycles. The van der Waals surface area contributed by atoms with E-state index >= 15 is 0 Å². The summed E-state index contributed by atoms with van der Waals surface area (Å²) in [6.07, 6.45) is 9.63. The average molecular weight is 365 g/mol. The van der Waals surface area contributed by atoms with Gasteiger partial charge in [0.05, 0.1) is 0 Å². The molecular weight excluding hydrogens is 324 g/mol. The molecule has 4 heteroatoms. The molecule has 1 N–H and O–H groups in total. The van der Waals surface area contributed by atoms with Crippen molar-refractivity contribution in [2.24, 2.45) is 22.7 Å². The first-order valence-electron chi connectivity index (χ1n) is 11.2. The highest BCUT2D eigenvalue weighted by atomic mass is 16.3. The van der Waals surface area contributed by atoms with Crippen LogP contribution in [0.5, 0.6) is 0 Å². The van der Waals surface area contributed by atoms with Crippen LogP contribution in [0.25, 0.3) is 0 Å². The van der Waals surface area contributed by atoms with Gasteiger partial charge in [-0.05, 0) is 75.8 Å². The molecule has 150 valence electrons. The van der Waals surface area contributed by atoms with E-state index in [0.29, 0.717) is 17.9 Å². The molecule has 4 rings (SSSR count). The fourth-order valence-electron chi connectivity index (χ4n) is 5.64. The van der Waals surface area contributed by atoms with Gasteiger partial charge in [-0.2, -0.15) is 0 Å². The second-order valence-corrected chi connectivity index (χ2v) is 9.55. The lowest BCUT2D eigenvalue weighted by molar-refractivity contribution is -0.141. The van der Waals surface area contributed by atoms with Crippen LogP contribution in [0.1, 0.15) is 72.1 Å². The Morgan fingerprint density at radius 1 is 1.00 bits per heavy atom. The van der Waals surface area contributed by atoms with Gasteiger partial charge >= 0.3 is 0 Å². The highest BCUT2D eigenvalue weighted by Gasteiger charge is 2.46. The Morgan fingerprint density at radius 2 is 1.58 bits per heavy atom. The maximum atomic E-state index is 12.9. The third kappa shape index (κ3) is 4.27. The number of aliphatic hydroxyl groups is 1. The van der Waals surface area contributed by atoms with E-state index in [1.165, 1.54) is 38.5 Å². The van der Waals surface area contributed by atoms with Crippen molar-refractivity contribution in [3.8, 4) is 0 Å². The molecule has 2 saturated carbocycles. The summed E-state index contributed by atoms with van der Waals surface area (Å²) in [6.45, 7) is 11.8. The molecule has 1 amide bonds. The summed E-state index contributed by atoms with van der Waals surface area (Å²) in [5.74, 6) is 1.59. The predicted molar refractivity (Wildman–Crippen MR) is 106 cm³/mol. The van der Waals surface area contributed by atoms with Crippen LogP contribution in [-0.2, 0) is 4.79 Å². The first-order chi connectivity index (χ1) is 12.5. The zero-order valence-electron chi connectivity index (χ0n) is 17.3. The molecule has 0 radical (unpaired) electrons. The van der Waals surface area contributed by atoms with Crippen LogP contribution >= 0.6 is 0 Å². The molecule has 4 aliphatic rings. The monoisotopic (exact) mass is 364 g/mol. The smallest absolute Gasteiger partial charge is 0.225 e. The number of piperidine rings is 2. The molecule has 0 atom stereocenters. The number of carbonyl (C=O) groups excluding carboxylic acids is 1. The van der Waals surface area contributed by atoms with Crippen molar-refractivity contribution in [1.82, 2.24) is 9.80 Å². The van der Waals surface area contributed by atoms with E-state index in [9.17, 15) is 9.90 Å². The largest absolute Gasteiger partial charge is 0.396 e. The lowest BCUT2D eigenvalue weighted by Crippen LogP contribution is -2.51. The Labute approximate surface area is 160 Å². The molecule has 2 aliphatic heterocycles. The highest BCUT2D eigenvalue weighted by molar-refractivity contribution is 5.79. The van der Waals surface area contributed by atoms with Crippen LogP contribution < -0.4 is 0 Å². The average Bonchev–Trinajstić information content (AvgIpc) is 3.43. The molecule has 4 fully saturated rings. The first kappa shape index (κ1) is 20.1. The van der Waals surface area contributed by atoms with Crippen molar-refractivity contribution in [1.29, 1.82) is 0 Å². The van der Waals surface area contributed by atoms with Crippen LogP contribution in [-0.4, -0.2) is 60.1 Å². The van der Waals surface area contributed by atoms with Gasteiger partial charge in [-0.1, -0.05) is 20.8 Å². The summed E-state index contributed by atoms with van der Waals surface area (Å²) in [5.41, 5.74) is 0.806. The van der Waals surface area contributed by atoms with Gasteiger partial charge in [-0.15, -0.1) is 0 Å². The number of carbonyl (C=O) groups is 1. The molecule has 0 aromatic carbocycles. The van der Waals surface area contributed by atoms with Gasteiger partial charge in [-0.25, -0.2) is 0 Å². The number of hydrogen-bond acceptors (Lipinski definition) is 3. The molecule has 0 aromatic heterocycles. The second-order valence-electron chi connectivity index (χ2n) is 9.55. The third-order valence-corrected chi connectivity index (χ3v) is 7.49. The summed E-state index contributed by atoms with van der Waals surface area (Å²) in [6, 6.07) is 0. The molecular formula is C22H40N2O2. The first-order valence-corrected chi connectivity index (χ1v) is 11.2. The molecule has 2 saturated heterocycles. The van der Waals surface area contributed by atoms with Crippen LogP contribution in [0.2, 0.25) is 0 Å². The van der Waals surface area contributed by atoms with Gasteiger partial charge in [0.15, 0.2) is 0 Å². The number of rotatable bonds is 4. The van der Waals surface area contributed by atoms with Gasteiger partial charge in [-0.3, -0.25) is 4.79 Å². The summed E-state index contributed by atoms with van der Waals surface area (Å²) in [5, 5.41) is 9.49. The number of nitrogens with zero attached hydrogens (tertiary/aromatic N) is 2. The van der Waals surface area contributed by atoms with Crippen molar-refractivity contribution in [3.05, 3.63) is 0 Å². The van der Waals surface area contributed by atoms with Gasteiger partial charge in [0.2, 0.25) is 5.91 Å². The zero-order chi connectivity index (χ0) is 18.8. The molecule has 2 aliphatic carbocycles. The minimum atomic E-state index is 0.206. The van der Waals surface area contributed by atoms with Crippen LogP contribution in [0.4, 0.5) is 0 Å². The lowest BCUT2D eigenvalue weighted by atomic mass is 9.58. The van der Waals surface area contributed by atoms with Crippen molar-refractivity contribution in [3.63, 3.8) is 0 Å². The fourth-order valence-corrected chi connectivity index (χ4v) is 5.64. The van der Waals surface area contributed by atoms with Gasteiger partial charge in [0.25, 0.3) is 0 Å². The van der Waals surface area contributed by atoms with Gasteiger partial charge < -0.3 is 14.9 Å². The molecule has 0 bridgehead atoms. The van der Waals surface area contributed by atoms with Crippen LogP contribution in [0.15, 0.2) is 0 Å². The lowest BCUT2D eigenvalue weighted by Gasteiger charge is -2.52. The maximum absolute atomic E-state index is 12.9. The van der Waals surface area contributed by atoms with E-state index in [4.69, 9.17) is 0 Å². The quantitative estimate of drug-likeness (QED) is 0.830. The zero-order valence-corrected chi connectivity index (χ0v) is 17.3. The third-order valence-electron chi connectivity index (χ3n) is 7.49. The second kappa shape index (κ2) is 8.18. The maximum Gasteiger partial charge on any atom is 0.225 e. The summed E-state index contributed by atoms with van der Waals surface area (Å²) >= 11 is 0. The normalized spacial score (nSPS) is 28.2. The van der Waals surface area contributed by atoms with Crippen LogP contribution in [0.3, 0.4) is 0 Å². The van der Waals surface area contributed by atoms with E-state index in [0.717, 1.165) is 51.5 Å². The molecule has 4 nitrogen and oxygen atoms in total. The number of likely N-dealkylation sites (tertiary alicyclic amines) is 2. The standard InChI is InChI=1S/C20H34N2O2.C2H6/c1-16-12-19(13-16)6-10-22(11-7-19)18(24)17-2-8-21(9-3-17)14-20(15-23)4-5-20;1-2/h16-17,23H,2-15H2,1H3;1-2H3. The van der Waals surface area contributed by atoms with E-state index < -0.39 is 0 Å². The number of hydrogen-bond donors (Lipinski definition) is 1. The van der Waals surface area contributed by atoms with Gasteiger partial charge in [0, 0.05) is 37.6 Å². The van der Waals surface area contributed by atoms with Crippen molar-refractivity contribution in [2.75, 3.05) is 39.3 Å². The SMILES string of the molecule is CC.CC1CC2(CCN(C(=O)C3CCN(CC4(CO)CC4)CC3)CC2)C1. The minimum Gasteiger partial charge on any atom is -0.396 e. The molecule has 1 spiro atoms. The minimum absolute atomic E-state index is 0.206. The highest BCUT2D eigenvalue weighted by Crippen LogP contribution is 2.52. The fraction of sp³-hybridized carbons (Fsp3) is 0.955. The van der Waals surface area contributed by atoms with Gasteiger partial charge in [0.1, 0.15) is 0 Å². The Kier molecular flexibility index (Phi) is 6.33. The Morgan fingerprint density at radius 3 is 2.04 bits per heavy atom. The topological polar surface area (TPSA) is 43.8 Å². The van der Waals surface area contributed by atoms with Crippen molar-refractivity contribution < 1.29 is 9.90 Å². The van der Waals surface area contributed by atoms with E-state index in [1.807, 2.05) is 13.8 Å². The summed E-state index contributed by atoms with van der Waals surface area (Å²) in [7, 11) is 0. The van der Waals surface area contributed by atoms with E-state index in [1.54, 1.807) is 0 Å². The van der Waals surface area contributed by atoms with E-state index in [2.05, 4.69) is 16.7 Å². The Balaban J connectivity index is 0.000000948. The van der Waals surface area contributed by atoms with Crippen molar-refractivity contribution in [2.45, 2.75) is 72.1 Å². The number of aliphatic hydroxyl groups excluding tert-OH is 1. The number of amides is 1. The predicted octanol–water partition coefficient (Wildman–Crippen LogP) is 3.54. The van der Waals surface area contributed by atoms with E-state index in [-0.39, 0.29) is 11.3 Å². The van der Waals surface area contributed by atoms with Crippen LogP contribution in [0, 0.1) is 22.7 Å².